The average molecular weight is 186 g/mol. The molecule has 0 aromatic carbocycles. The molecule has 1 amide bonds. The maximum absolute atomic E-state index is 10.9. The summed E-state index contributed by atoms with van der Waals surface area (Å²) in [5.74, 6) is 0. The van der Waals surface area contributed by atoms with E-state index in [0.717, 1.165) is 12.8 Å². The van der Waals surface area contributed by atoms with Crippen LogP contribution in [-0.4, -0.2) is 52.5 Å². The van der Waals surface area contributed by atoms with Gasteiger partial charge in [0.05, 0.1) is 18.7 Å². The third-order valence-corrected chi connectivity index (χ3v) is 3.04. The van der Waals surface area contributed by atoms with Crippen molar-refractivity contribution in [3.63, 3.8) is 0 Å². The van der Waals surface area contributed by atoms with Gasteiger partial charge in [0.25, 0.3) is 0 Å². The molecule has 5 heteroatoms. The van der Waals surface area contributed by atoms with Crippen LogP contribution in [0.2, 0.25) is 0 Å². The predicted molar refractivity (Wildman–Crippen MR) is 45.6 cm³/mol. The number of nitrogens with one attached hydrogen (secondary N) is 1. The third kappa shape index (κ3) is 1.28. The minimum absolute atomic E-state index is 0.0150. The van der Waals surface area contributed by atoms with E-state index >= 15 is 0 Å². The Bertz CT molecular complexity index is 221. The van der Waals surface area contributed by atoms with Crippen LogP contribution in [0.5, 0.6) is 0 Å². The Balaban J connectivity index is 2.15. The summed E-state index contributed by atoms with van der Waals surface area (Å²) < 4.78 is 0. The number of aliphatic hydroxyl groups is 1. The van der Waals surface area contributed by atoms with Crippen molar-refractivity contribution in [1.29, 1.82) is 0 Å². The fraction of sp³-hybridized carbons (Fsp3) is 0.875. The normalized spacial score (nSPS) is 37.9. The lowest BCUT2D eigenvalue weighted by Gasteiger charge is -2.38. The number of aliphatic hydroxyl groups excluding tert-OH is 1. The molecular weight excluding hydrogens is 172 g/mol. The van der Waals surface area contributed by atoms with Gasteiger partial charge in [-0.25, -0.2) is 4.79 Å². The van der Waals surface area contributed by atoms with Gasteiger partial charge in [-0.15, -0.1) is 0 Å². The Morgan fingerprint density at radius 3 is 2.92 bits per heavy atom. The molecule has 0 aromatic rings. The summed E-state index contributed by atoms with van der Waals surface area (Å²) in [6.07, 6.45) is 0.933. The number of nitrogens with zero attached hydrogens (tertiary/aromatic N) is 1. The first-order chi connectivity index (χ1) is 6.24. The second kappa shape index (κ2) is 3.16. The Labute approximate surface area is 76.3 Å². The van der Waals surface area contributed by atoms with Crippen molar-refractivity contribution in [2.45, 2.75) is 31.0 Å². The molecule has 2 aliphatic rings. The summed E-state index contributed by atoms with van der Waals surface area (Å²) >= 11 is 0. The van der Waals surface area contributed by atoms with Crippen LogP contribution in [0.25, 0.3) is 0 Å². The smallest absolute Gasteiger partial charge is 0.407 e. The second-order valence-electron chi connectivity index (χ2n) is 3.69. The maximum Gasteiger partial charge on any atom is 0.407 e. The molecule has 2 heterocycles. The molecule has 74 valence electrons. The first-order valence-corrected chi connectivity index (χ1v) is 4.59. The maximum atomic E-state index is 10.9. The van der Waals surface area contributed by atoms with Gasteiger partial charge in [0.1, 0.15) is 0 Å². The molecule has 3 atom stereocenters. The second-order valence-corrected chi connectivity index (χ2v) is 3.69. The number of carboxylic acid groups (broad SMARTS) is 1. The van der Waals surface area contributed by atoms with Crippen LogP contribution in [0.15, 0.2) is 0 Å². The average Bonchev–Trinajstić information content (AvgIpc) is 2.42. The predicted octanol–water partition coefficient (Wildman–Crippen LogP) is -0.539. The van der Waals surface area contributed by atoms with Gasteiger partial charge < -0.3 is 15.5 Å². The fourth-order valence-electron chi connectivity index (χ4n) is 2.42. The van der Waals surface area contributed by atoms with Crippen molar-refractivity contribution >= 4 is 6.09 Å². The molecule has 2 aliphatic heterocycles. The molecule has 3 N–H and O–H groups in total. The Morgan fingerprint density at radius 1 is 1.54 bits per heavy atom. The van der Waals surface area contributed by atoms with Gasteiger partial charge in [-0.1, -0.05) is 0 Å². The van der Waals surface area contributed by atoms with Gasteiger partial charge in [0.2, 0.25) is 0 Å². The van der Waals surface area contributed by atoms with Crippen LogP contribution in [0.1, 0.15) is 12.8 Å². The number of hydrogen-bond donors (Lipinski definition) is 3. The number of hydrogen-bond acceptors (Lipinski definition) is 3. The summed E-state index contributed by atoms with van der Waals surface area (Å²) in [5.41, 5.74) is 0. The molecule has 2 bridgehead atoms. The van der Waals surface area contributed by atoms with E-state index in [1.165, 1.54) is 4.90 Å². The third-order valence-electron chi connectivity index (χ3n) is 3.04. The first-order valence-electron chi connectivity index (χ1n) is 4.59. The molecule has 0 spiro atoms. The Hall–Kier alpha value is -0.810. The Kier molecular flexibility index (Phi) is 2.13. The highest BCUT2D eigenvalue weighted by molar-refractivity contribution is 5.66. The monoisotopic (exact) mass is 186 g/mol. The lowest BCUT2D eigenvalue weighted by Crippen LogP contribution is -2.60. The van der Waals surface area contributed by atoms with Crippen molar-refractivity contribution in [3.8, 4) is 0 Å². The zero-order chi connectivity index (χ0) is 9.42. The van der Waals surface area contributed by atoms with Gasteiger partial charge in [-0.05, 0) is 12.8 Å². The van der Waals surface area contributed by atoms with Crippen molar-refractivity contribution in [3.05, 3.63) is 0 Å². The molecule has 13 heavy (non-hydrogen) atoms. The topological polar surface area (TPSA) is 72.8 Å². The van der Waals surface area contributed by atoms with Gasteiger partial charge in [0, 0.05) is 12.6 Å². The summed E-state index contributed by atoms with van der Waals surface area (Å²) in [6.45, 7) is 0.690. The molecule has 0 saturated carbocycles. The quantitative estimate of drug-likeness (QED) is 0.514. The first kappa shape index (κ1) is 8.77. The van der Waals surface area contributed by atoms with Crippen LogP contribution in [-0.2, 0) is 0 Å². The van der Waals surface area contributed by atoms with Gasteiger partial charge in [0.15, 0.2) is 0 Å². The van der Waals surface area contributed by atoms with Crippen LogP contribution < -0.4 is 5.32 Å². The fourth-order valence-corrected chi connectivity index (χ4v) is 2.42. The zero-order valence-electron chi connectivity index (χ0n) is 7.31. The van der Waals surface area contributed by atoms with E-state index in [2.05, 4.69) is 5.32 Å². The molecule has 0 radical (unpaired) electrons. The lowest BCUT2D eigenvalue weighted by molar-refractivity contribution is 0.0749. The van der Waals surface area contributed by atoms with Crippen molar-refractivity contribution in [2.75, 3.05) is 13.2 Å². The van der Waals surface area contributed by atoms with E-state index in [4.69, 9.17) is 10.2 Å². The van der Waals surface area contributed by atoms with Crippen molar-refractivity contribution < 1.29 is 15.0 Å². The highest BCUT2D eigenvalue weighted by Crippen LogP contribution is 2.29. The number of carbonyl (C=O) groups is 1. The summed E-state index contributed by atoms with van der Waals surface area (Å²) in [6, 6.07) is 0.0152. The van der Waals surface area contributed by atoms with Gasteiger partial charge in [-0.3, -0.25) is 4.90 Å². The van der Waals surface area contributed by atoms with E-state index in [1.54, 1.807) is 0 Å². The lowest BCUT2D eigenvalue weighted by atomic mass is 10.1. The van der Waals surface area contributed by atoms with E-state index < -0.39 is 6.09 Å². The molecule has 2 saturated heterocycles. The molecule has 0 aromatic heterocycles. The SMILES string of the molecule is O=C(O)N1[C@@H]2CC[C@H]1[C@@H](CO)NC2. The van der Waals surface area contributed by atoms with E-state index in [0.29, 0.717) is 6.54 Å². The minimum Gasteiger partial charge on any atom is -0.465 e. The van der Waals surface area contributed by atoms with Gasteiger partial charge >= 0.3 is 6.09 Å². The van der Waals surface area contributed by atoms with Crippen LogP contribution >= 0.6 is 0 Å². The van der Waals surface area contributed by atoms with Crippen LogP contribution in [0.3, 0.4) is 0 Å². The molecule has 0 unspecified atom stereocenters. The number of fused-ring (bicyclic) bond motifs is 2. The molecule has 0 aliphatic carbocycles. The van der Waals surface area contributed by atoms with Crippen molar-refractivity contribution in [2.24, 2.45) is 0 Å². The molecule has 2 fully saturated rings. The minimum atomic E-state index is -0.854. The summed E-state index contributed by atoms with van der Waals surface area (Å²) in [5, 5.41) is 21.1. The number of amides is 1. The number of rotatable bonds is 1. The largest absolute Gasteiger partial charge is 0.465 e. The zero-order valence-corrected chi connectivity index (χ0v) is 7.31. The summed E-state index contributed by atoms with van der Waals surface area (Å²) in [4.78, 5) is 12.4. The standard InChI is InChI=1S/C8H14N2O3/c11-4-6-7-2-1-5(3-9-6)10(7)8(12)13/h5-7,9,11H,1-4H2,(H,12,13)/t5-,6-,7+/m1/s1. The summed E-state index contributed by atoms with van der Waals surface area (Å²) in [7, 11) is 0. The highest BCUT2D eigenvalue weighted by atomic mass is 16.4. The molecule has 5 nitrogen and oxygen atoms in total. The number of piperazine rings is 1. The molecule has 2 rings (SSSR count). The van der Waals surface area contributed by atoms with Crippen LogP contribution in [0, 0.1) is 0 Å². The Morgan fingerprint density at radius 2 is 2.31 bits per heavy atom. The van der Waals surface area contributed by atoms with Crippen LogP contribution in [0.4, 0.5) is 4.79 Å². The van der Waals surface area contributed by atoms with Crippen molar-refractivity contribution in [1.82, 2.24) is 10.2 Å². The molecular formula is C8H14N2O3. The highest BCUT2D eigenvalue weighted by Gasteiger charge is 2.44. The van der Waals surface area contributed by atoms with E-state index in [1.807, 2.05) is 0 Å². The van der Waals surface area contributed by atoms with Gasteiger partial charge in [-0.2, -0.15) is 0 Å². The van der Waals surface area contributed by atoms with E-state index in [-0.39, 0.29) is 24.7 Å². The van der Waals surface area contributed by atoms with E-state index in [9.17, 15) is 4.79 Å².